The summed E-state index contributed by atoms with van der Waals surface area (Å²) in [6.45, 7) is 16.3. The van der Waals surface area contributed by atoms with E-state index in [2.05, 4.69) is 60.6 Å². The maximum absolute atomic E-state index is 2.43. The molecule has 0 bridgehead atoms. The molecule has 0 radical (unpaired) electrons. The summed E-state index contributed by atoms with van der Waals surface area (Å²) >= 11 is 0. The number of hydrogen-bond donors (Lipinski definition) is 0. The Labute approximate surface area is 90.8 Å². The van der Waals surface area contributed by atoms with Crippen molar-refractivity contribution in [2.45, 2.75) is 61.3 Å². The SMILES string of the molecule is CC=CCC(C)(C(C)C)C(C)(C)CC. The molecule has 0 rings (SSSR count). The van der Waals surface area contributed by atoms with Crippen LogP contribution < -0.4 is 0 Å². The third-order valence-corrected chi connectivity index (χ3v) is 4.48. The fourth-order valence-electron chi connectivity index (χ4n) is 2.06. The van der Waals surface area contributed by atoms with E-state index in [4.69, 9.17) is 0 Å². The van der Waals surface area contributed by atoms with Gasteiger partial charge in [0.05, 0.1) is 0 Å². The van der Waals surface area contributed by atoms with Gasteiger partial charge in [-0.3, -0.25) is 0 Å². The summed E-state index contributed by atoms with van der Waals surface area (Å²) in [5.41, 5.74) is 0.828. The Morgan fingerprint density at radius 3 is 1.93 bits per heavy atom. The number of allylic oxidation sites excluding steroid dienone is 2. The van der Waals surface area contributed by atoms with Gasteiger partial charge in [-0.1, -0.05) is 60.1 Å². The standard InChI is InChI=1S/C14H28/c1-8-10-11-14(7,12(3)4)13(5,6)9-2/h8,10,12H,9,11H2,1-7H3. The molecule has 0 heteroatoms. The van der Waals surface area contributed by atoms with Crippen molar-refractivity contribution >= 4 is 0 Å². The van der Waals surface area contributed by atoms with Gasteiger partial charge in [-0.15, -0.1) is 0 Å². The van der Waals surface area contributed by atoms with Crippen molar-refractivity contribution < 1.29 is 0 Å². The second-order valence-corrected chi connectivity index (χ2v) is 5.58. The third kappa shape index (κ3) is 2.62. The number of hydrogen-bond acceptors (Lipinski definition) is 0. The van der Waals surface area contributed by atoms with Gasteiger partial charge in [0.15, 0.2) is 0 Å². The first-order valence-electron chi connectivity index (χ1n) is 5.93. The van der Waals surface area contributed by atoms with Crippen molar-refractivity contribution in [2.24, 2.45) is 16.7 Å². The summed E-state index contributed by atoms with van der Waals surface area (Å²) < 4.78 is 0. The minimum atomic E-state index is 0.411. The molecule has 0 saturated heterocycles. The normalized spacial score (nSPS) is 17.7. The molecule has 14 heavy (non-hydrogen) atoms. The lowest BCUT2D eigenvalue weighted by atomic mass is 9.58. The Bertz CT molecular complexity index is 186. The molecule has 84 valence electrons. The van der Waals surface area contributed by atoms with Gasteiger partial charge in [-0.05, 0) is 30.1 Å². The molecule has 0 saturated carbocycles. The fraction of sp³-hybridized carbons (Fsp3) is 0.857. The van der Waals surface area contributed by atoms with Crippen LogP contribution in [0.15, 0.2) is 12.2 Å². The van der Waals surface area contributed by atoms with Gasteiger partial charge in [0.25, 0.3) is 0 Å². The van der Waals surface area contributed by atoms with E-state index < -0.39 is 0 Å². The zero-order valence-corrected chi connectivity index (χ0v) is 11.1. The van der Waals surface area contributed by atoms with E-state index in [1.165, 1.54) is 12.8 Å². The molecule has 0 fully saturated rings. The highest BCUT2D eigenvalue weighted by Gasteiger charge is 2.40. The van der Waals surface area contributed by atoms with Crippen LogP contribution in [0.5, 0.6) is 0 Å². The highest BCUT2D eigenvalue weighted by molar-refractivity contribution is 4.96. The first-order chi connectivity index (χ1) is 6.31. The maximum Gasteiger partial charge on any atom is -0.0217 e. The van der Waals surface area contributed by atoms with Gasteiger partial charge in [0.1, 0.15) is 0 Å². The third-order valence-electron chi connectivity index (χ3n) is 4.48. The van der Waals surface area contributed by atoms with E-state index in [1.54, 1.807) is 0 Å². The lowest BCUT2D eigenvalue weighted by molar-refractivity contribution is 0.0348. The molecule has 0 aliphatic rings. The lowest BCUT2D eigenvalue weighted by Crippen LogP contribution is -2.38. The van der Waals surface area contributed by atoms with Crippen LogP contribution in [0.3, 0.4) is 0 Å². The summed E-state index contributed by atoms with van der Waals surface area (Å²) in [5.74, 6) is 0.730. The summed E-state index contributed by atoms with van der Waals surface area (Å²) in [6, 6.07) is 0. The van der Waals surface area contributed by atoms with Gasteiger partial charge in [0.2, 0.25) is 0 Å². The Morgan fingerprint density at radius 2 is 1.64 bits per heavy atom. The van der Waals surface area contributed by atoms with Gasteiger partial charge in [-0.2, -0.15) is 0 Å². The van der Waals surface area contributed by atoms with Crippen LogP contribution in [0.4, 0.5) is 0 Å². The number of rotatable bonds is 5. The van der Waals surface area contributed by atoms with E-state index >= 15 is 0 Å². The van der Waals surface area contributed by atoms with E-state index in [-0.39, 0.29) is 0 Å². The summed E-state index contributed by atoms with van der Waals surface area (Å²) in [5, 5.41) is 0. The smallest absolute Gasteiger partial charge is 0.0217 e. The zero-order chi connectivity index (χ0) is 11.4. The molecule has 1 unspecified atom stereocenters. The molecule has 0 aromatic rings. The Morgan fingerprint density at radius 1 is 1.14 bits per heavy atom. The van der Waals surface area contributed by atoms with Crippen LogP contribution in [0.1, 0.15) is 61.3 Å². The second-order valence-electron chi connectivity index (χ2n) is 5.58. The summed E-state index contributed by atoms with van der Waals surface area (Å²) in [4.78, 5) is 0. The first kappa shape index (κ1) is 13.7. The molecule has 1 atom stereocenters. The van der Waals surface area contributed by atoms with E-state index in [9.17, 15) is 0 Å². The van der Waals surface area contributed by atoms with Crippen LogP contribution in [0.2, 0.25) is 0 Å². The van der Waals surface area contributed by atoms with Gasteiger partial charge in [-0.25, -0.2) is 0 Å². The van der Waals surface area contributed by atoms with E-state index in [0.29, 0.717) is 10.8 Å². The summed E-state index contributed by atoms with van der Waals surface area (Å²) in [6.07, 6.45) is 6.94. The van der Waals surface area contributed by atoms with Crippen molar-refractivity contribution in [3.05, 3.63) is 12.2 Å². The van der Waals surface area contributed by atoms with Crippen molar-refractivity contribution in [1.82, 2.24) is 0 Å². The quantitative estimate of drug-likeness (QED) is 0.540. The van der Waals surface area contributed by atoms with Gasteiger partial charge >= 0.3 is 0 Å². The lowest BCUT2D eigenvalue weighted by Gasteiger charge is -2.47. The van der Waals surface area contributed by atoms with Crippen molar-refractivity contribution in [3.63, 3.8) is 0 Å². The van der Waals surface area contributed by atoms with Crippen LogP contribution in [-0.2, 0) is 0 Å². The molecule has 0 aliphatic carbocycles. The van der Waals surface area contributed by atoms with Crippen molar-refractivity contribution in [3.8, 4) is 0 Å². The monoisotopic (exact) mass is 196 g/mol. The minimum Gasteiger partial charge on any atom is -0.0916 e. The highest BCUT2D eigenvalue weighted by Crippen LogP contribution is 2.49. The van der Waals surface area contributed by atoms with Crippen LogP contribution in [0.25, 0.3) is 0 Å². The Kier molecular flexibility index (Phi) is 4.91. The predicted octanol–water partition coefficient (Wildman–Crippen LogP) is 5.05. The van der Waals surface area contributed by atoms with Gasteiger partial charge < -0.3 is 0 Å². The van der Waals surface area contributed by atoms with Crippen molar-refractivity contribution in [1.29, 1.82) is 0 Å². The Hall–Kier alpha value is -0.260. The Balaban J connectivity index is 4.89. The molecular formula is C14H28. The molecule has 0 aromatic heterocycles. The predicted molar refractivity (Wildman–Crippen MR) is 66.4 cm³/mol. The average Bonchev–Trinajstić information content (AvgIpc) is 2.13. The van der Waals surface area contributed by atoms with Crippen LogP contribution in [-0.4, -0.2) is 0 Å². The second kappa shape index (κ2) is 5.00. The van der Waals surface area contributed by atoms with E-state index in [1.807, 2.05) is 0 Å². The zero-order valence-electron chi connectivity index (χ0n) is 11.1. The minimum absolute atomic E-state index is 0.411. The molecule has 0 spiro atoms. The topological polar surface area (TPSA) is 0 Å². The highest BCUT2D eigenvalue weighted by atomic mass is 14.5. The van der Waals surface area contributed by atoms with Gasteiger partial charge in [0, 0.05) is 0 Å². The molecule has 0 heterocycles. The largest absolute Gasteiger partial charge is 0.0916 e. The average molecular weight is 196 g/mol. The molecule has 0 aromatic carbocycles. The van der Waals surface area contributed by atoms with Crippen LogP contribution in [0, 0.1) is 16.7 Å². The first-order valence-corrected chi connectivity index (χ1v) is 5.93. The maximum atomic E-state index is 2.43. The molecular weight excluding hydrogens is 168 g/mol. The fourth-order valence-corrected chi connectivity index (χ4v) is 2.06. The van der Waals surface area contributed by atoms with E-state index in [0.717, 1.165) is 5.92 Å². The van der Waals surface area contributed by atoms with Crippen molar-refractivity contribution in [2.75, 3.05) is 0 Å². The molecule has 0 nitrogen and oxygen atoms in total. The molecule has 0 aliphatic heterocycles. The molecule has 0 N–H and O–H groups in total. The molecule has 0 amide bonds. The summed E-state index contributed by atoms with van der Waals surface area (Å²) in [7, 11) is 0. The van der Waals surface area contributed by atoms with Crippen LogP contribution >= 0.6 is 0 Å².